The molecule has 0 fully saturated rings. The summed E-state index contributed by atoms with van der Waals surface area (Å²) < 4.78 is 5.51. The van der Waals surface area contributed by atoms with Crippen LogP contribution in [0.1, 0.15) is 10.4 Å². The predicted octanol–water partition coefficient (Wildman–Crippen LogP) is 3.29. The predicted molar refractivity (Wildman–Crippen MR) is 89.0 cm³/mol. The van der Waals surface area contributed by atoms with Crippen molar-refractivity contribution in [2.24, 2.45) is 0 Å². The van der Waals surface area contributed by atoms with E-state index in [9.17, 15) is 9.59 Å². The topological polar surface area (TPSA) is 67.4 Å². The summed E-state index contributed by atoms with van der Waals surface area (Å²) in [7, 11) is 1.32. The molecule has 0 aliphatic carbocycles. The van der Waals surface area contributed by atoms with Gasteiger partial charge in [0.15, 0.2) is 0 Å². The Morgan fingerprint density at radius 1 is 1.09 bits per heavy atom. The first-order chi connectivity index (χ1) is 10.6. The zero-order chi connectivity index (χ0) is 15.9. The minimum Gasteiger partial charge on any atom is -0.465 e. The number of hydrogen-bond acceptors (Lipinski definition) is 4. The Labute approximate surface area is 136 Å². The molecule has 0 heterocycles. The number of carbonyl (C=O) groups excluding carboxylic acids is 2. The Bertz CT molecular complexity index is 671. The van der Waals surface area contributed by atoms with Crippen molar-refractivity contribution in [1.82, 2.24) is 0 Å². The van der Waals surface area contributed by atoms with Crippen LogP contribution < -0.4 is 10.6 Å². The summed E-state index contributed by atoms with van der Waals surface area (Å²) >= 11 is 3.40. The van der Waals surface area contributed by atoms with E-state index < -0.39 is 5.97 Å². The van der Waals surface area contributed by atoms with Gasteiger partial charge in [-0.3, -0.25) is 4.79 Å². The Hall–Kier alpha value is -2.34. The van der Waals surface area contributed by atoms with Gasteiger partial charge in [0.1, 0.15) is 0 Å². The number of carbonyl (C=O) groups is 2. The fraction of sp³-hybridized carbons (Fsp3) is 0.125. The van der Waals surface area contributed by atoms with E-state index in [0.717, 1.165) is 10.2 Å². The SMILES string of the molecule is COC(=O)c1ccc(NC(=O)CNc2ccccc2Br)cc1. The van der Waals surface area contributed by atoms with Gasteiger partial charge in [0.25, 0.3) is 0 Å². The summed E-state index contributed by atoms with van der Waals surface area (Å²) in [4.78, 5) is 23.2. The summed E-state index contributed by atoms with van der Waals surface area (Å²) in [6, 6.07) is 14.1. The molecule has 0 radical (unpaired) electrons. The van der Waals surface area contributed by atoms with Gasteiger partial charge in [-0.25, -0.2) is 4.79 Å². The van der Waals surface area contributed by atoms with Gasteiger partial charge in [0.05, 0.1) is 19.2 Å². The molecule has 0 saturated carbocycles. The summed E-state index contributed by atoms with van der Waals surface area (Å²) in [6.07, 6.45) is 0. The lowest BCUT2D eigenvalue weighted by Crippen LogP contribution is -2.21. The van der Waals surface area contributed by atoms with E-state index in [4.69, 9.17) is 0 Å². The van der Waals surface area contributed by atoms with Gasteiger partial charge < -0.3 is 15.4 Å². The van der Waals surface area contributed by atoms with E-state index in [2.05, 4.69) is 31.3 Å². The normalized spacial score (nSPS) is 9.91. The molecule has 0 atom stereocenters. The van der Waals surface area contributed by atoms with Crippen molar-refractivity contribution in [3.8, 4) is 0 Å². The number of anilines is 2. The molecule has 0 bridgehead atoms. The highest BCUT2D eigenvalue weighted by Crippen LogP contribution is 2.20. The Kier molecular flexibility index (Phi) is 5.55. The van der Waals surface area contributed by atoms with Crippen molar-refractivity contribution in [3.63, 3.8) is 0 Å². The van der Waals surface area contributed by atoms with Crippen LogP contribution in [0.2, 0.25) is 0 Å². The zero-order valence-corrected chi connectivity index (χ0v) is 13.5. The van der Waals surface area contributed by atoms with E-state index in [1.54, 1.807) is 24.3 Å². The van der Waals surface area contributed by atoms with Gasteiger partial charge in [-0.15, -0.1) is 0 Å². The number of amides is 1. The van der Waals surface area contributed by atoms with Crippen molar-refractivity contribution in [3.05, 3.63) is 58.6 Å². The van der Waals surface area contributed by atoms with E-state index in [1.165, 1.54) is 7.11 Å². The smallest absolute Gasteiger partial charge is 0.337 e. The van der Waals surface area contributed by atoms with Crippen LogP contribution in [0, 0.1) is 0 Å². The number of halogens is 1. The third-order valence-electron chi connectivity index (χ3n) is 2.90. The molecule has 0 aromatic heterocycles. The molecule has 114 valence electrons. The average Bonchev–Trinajstić information content (AvgIpc) is 2.54. The second kappa shape index (κ2) is 7.61. The van der Waals surface area contributed by atoms with Gasteiger partial charge >= 0.3 is 5.97 Å². The summed E-state index contributed by atoms with van der Waals surface area (Å²) in [5.74, 6) is -0.588. The monoisotopic (exact) mass is 362 g/mol. The second-order valence-corrected chi connectivity index (χ2v) is 5.30. The third-order valence-corrected chi connectivity index (χ3v) is 3.59. The molecule has 5 nitrogen and oxygen atoms in total. The van der Waals surface area contributed by atoms with Gasteiger partial charge in [0, 0.05) is 15.8 Å². The molecule has 0 aliphatic heterocycles. The molecule has 6 heteroatoms. The molecule has 0 aliphatic rings. The molecule has 1 amide bonds. The lowest BCUT2D eigenvalue weighted by Gasteiger charge is -2.09. The molecule has 2 N–H and O–H groups in total. The van der Waals surface area contributed by atoms with Crippen molar-refractivity contribution in [2.45, 2.75) is 0 Å². The molecule has 2 rings (SSSR count). The number of methoxy groups -OCH3 is 1. The van der Waals surface area contributed by atoms with Crippen molar-refractivity contribution >= 4 is 39.2 Å². The number of para-hydroxylation sites is 1. The van der Waals surface area contributed by atoms with Crippen LogP contribution in [-0.4, -0.2) is 25.5 Å². The summed E-state index contributed by atoms with van der Waals surface area (Å²) in [5.41, 5.74) is 1.90. The van der Waals surface area contributed by atoms with E-state index in [0.29, 0.717) is 11.3 Å². The van der Waals surface area contributed by atoms with Gasteiger partial charge in [0.2, 0.25) is 5.91 Å². The molecule has 0 saturated heterocycles. The number of nitrogens with one attached hydrogen (secondary N) is 2. The van der Waals surface area contributed by atoms with E-state index >= 15 is 0 Å². The standard InChI is InChI=1S/C16H15BrN2O3/c1-22-16(21)11-6-8-12(9-7-11)19-15(20)10-18-14-5-3-2-4-13(14)17/h2-9,18H,10H2,1H3,(H,19,20). The van der Waals surface area contributed by atoms with Gasteiger partial charge in [-0.2, -0.15) is 0 Å². The largest absolute Gasteiger partial charge is 0.465 e. The quantitative estimate of drug-likeness (QED) is 0.800. The van der Waals surface area contributed by atoms with Gasteiger partial charge in [-0.05, 0) is 52.3 Å². The fourth-order valence-electron chi connectivity index (χ4n) is 1.79. The summed E-state index contributed by atoms with van der Waals surface area (Å²) in [6.45, 7) is 0.140. The average molecular weight is 363 g/mol. The van der Waals surface area contributed by atoms with Crippen LogP contribution in [0.3, 0.4) is 0 Å². The Balaban J connectivity index is 1.89. The first kappa shape index (κ1) is 16.0. The lowest BCUT2D eigenvalue weighted by atomic mass is 10.2. The highest BCUT2D eigenvalue weighted by Gasteiger charge is 2.07. The Morgan fingerprint density at radius 3 is 2.41 bits per heavy atom. The molecule has 22 heavy (non-hydrogen) atoms. The number of hydrogen-bond donors (Lipinski definition) is 2. The lowest BCUT2D eigenvalue weighted by molar-refractivity contribution is -0.114. The molecular weight excluding hydrogens is 348 g/mol. The first-order valence-electron chi connectivity index (χ1n) is 6.57. The van der Waals surface area contributed by atoms with Crippen LogP contribution in [0.5, 0.6) is 0 Å². The van der Waals surface area contributed by atoms with Crippen molar-refractivity contribution in [1.29, 1.82) is 0 Å². The molecular formula is C16H15BrN2O3. The van der Waals surface area contributed by atoms with Crippen LogP contribution in [0.15, 0.2) is 53.0 Å². The fourth-order valence-corrected chi connectivity index (χ4v) is 2.22. The van der Waals surface area contributed by atoms with Crippen LogP contribution in [0.25, 0.3) is 0 Å². The highest BCUT2D eigenvalue weighted by molar-refractivity contribution is 9.10. The summed E-state index contributed by atoms with van der Waals surface area (Å²) in [5, 5.41) is 5.79. The van der Waals surface area contributed by atoms with E-state index in [1.807, 2.05) is 24.3 Å². The van der Waals surface area contributed by atoms with Gasteiger partial charge in [-0.1, -0.05) is 12.1 Å². The molecule has 0 spiro atoms. The van der Waals surface area contributed by atoms with Crippen molar-refractivity contribution < 1.29 is 14.3 Å². The minimum atomic E-state index is -0.409. The second-order valence-electron chi connectivity index (χ2n) is 4.45. The minimum absolute atomic E-state index is 0.140. The van der Waals surface area contributed by atoms with E-state index in [-0.39, 0.29) is 12.5 Å². The third kappa shape index (κ3) is 4.33. The van der Waals surface area contributed by atoms with Crippen LogP contribution in [0.4, 0.5) is 11.4 Å². The highest BCUT2D eigenvalue weighted by atomic mass is 79.9. The Morgan fingerprint density at radius 2 is 1.77 bits per heavy atom. The number of ether oxygens (including phenoxy) is 1. The molecule has 0 unspecified atom stereocenters. The number of rotatable bonds is 5. The van der Waals surface area contributed by atoms with Crippen LogP contribution >= 0.6 is 15.9 Å². The maximum Gasteiger partial charge on any atom is 0.337 e. The molecule has 2 aromatic rings. The zero-order valence-electron chi connectivity index (χ0n) is 11.9. The number of benzene rings is 2. The van der Waals surface area contributed by atoms with Crippen molar-refractivity contribution in [2.75, 3.05) is 24.3 Å². The maximum absolute atomic E-state index is 11.9. The molecule has 2 aromatic carbocycles. The van der Waals surface area contributed by atoms with Crippen LogP contribution in [-0.2, 0) is 9.53 Å². The number of esters is 1. The first-order valence-corrected chi connectivity index (χ1v) is 7.36. The maximum atomic E-state index is 11.9.